The van der Waals surface area contributed by atoms with Crippen molar-refractivity contribution in [2.75, 3.05) is 19.5 Å². The molecule has 6 heteroatoms. The molecule has 1 aromatic heterocycles. The summed E-state index contributed by atoms with van der Waals surface area (Å²) in [5.41, 5.74) is 0.855. The average Bonchev–Trinajstić information content (AvgIpc) is 2.39. The number of halogens is 2. The van der Waals surface area contributed by atoms with Crippen LogP contribution in [0.4, 0.5) is 5.82 Å². The first-order valence-electron chi connectivity index (χ1n) is 5.20. The second-order valence-corrected chi connectivity index (χ2v) is 5.06. The number of aromatic nitrogens is 2. The van der Waals surface area contributed by atoms with E-state index in [4.69, 9.17) is 16.3 Å². The highest BCUT2D eigenvalue weighted by molar-refractivity contribution is 14.1. The minimum Gasteiger partial charge on any atom is -0.495 e. The van der Waals surface area contributed by atoms with Gasteiger partial charge in [0.1, 0.15) is 11.6 Å². The summed E-state index contributed by atoms with van der Waals surface area (Å²) in [7, 11) is 3.41. The van der Waals surface area contributed by atoms with E-state index in [0.29, 0.717) is 16.6 Å². The summed E-state index contributed by atoms with van der Waals surface area (Å²) in [4.78, 5) is 8.72. The van der Waals surface area contributed by atoms with E-state index in [0.717, 1.165) is 15.0 Å². The quantitative estimate of drug-likeness (QED) is 0.835. The van der Waals surface area contributed by atoms with Crippen molar-refractivity contribution in [2.24, 2.45) is 0 Å². The van der Waals surface area contributed by atoms with Crippen molar-refractivity contribution in [1.29, 1.82) is 0 Å². The lowest BCUT2D eigenvalue weighted by Crippen LogP contribution is -1.99. The van der Waals surface area contributed by atoms with Gasteiger partial charge < -0.3 is 10.1 Å². The third-order valence-corrected chi connectivity index (χ3v) is 3.48. The van der Waals surface area contributed by atoms with Gasteiger partial charge in [0.05, 0.1) is 15.7 Å². The predicted molar refractivity (Wildman–Crippen MR) is 81.3 cm³/mol. The summed E-state index contributed by atoms with van der Waals surface area (Å²) in [5.74, 6) is 2.07. The number of benzene rings is 1. The topological polar surface area (TPSA) is 47.0 Å². The van der Waals surface area contributed by atoms with Crippen LogP contribution in [0.3, 0.4) is 0 Å². The highest BCUT2D eigenvalue weighted by Crippen LogP contribution is 2.29. The molecule has 0 radical (unpaired) electrons. The van der Waals surface area contributed by atoms with Crippen LogP contribution in [0.2, 0.25) is 5.02 Å². The van der Waals surface area contributed by atoms with Crippen molar-refractivity contribution in [3.63, 3.8) is 0 Å². The largest absolute Gasteiger partial charge is 0.495 e. The molecule has 0 saturated carbocycles. The molecule has 18 heavy (non-hydrogen) atoms. The average molecular weight is 376 g/mol. The van der Waals surface area contributed by atoms with Crippen LogP contribution in [0.5, 0.6) is 5.75 Å². The molecule has 0 aliphatic heterocycles. The molecule has 2 rings (SSSR count). The zero-order chi connectivity index (χ0) is 13.1. The Balaban J connectivity index is 2.45. The Hall–Kier alpha value is -1.08. The lowest BCUT2D eigenvalue weighted by atomic mass is 10.2. The molecule has 0 saturated heterocycles. The van der Waals surface area contributed by atoms with E-state index < -0.39 is 0 Å². The molecule has 1 N–H and O–H groups in total. The Morgan fingerprint density at radius 2 is 2.17 bits per heavy atom. The van der Waals surface area contributed by atoms with Gasteiger partial charge in [0.15, 0.2) is 5.82 Å². The molecule has 0 unspecified atom stereocenters. The Labute approximate surface area is 124 Å². The smallest absolute Gasteiger partial charge is 0.161 e. The fourth-order valence-corrected chi connectivity index (χ4v) is 2.27. The highest BCUT2D eigenvalue weighted by atomic mass is 127. The minimum atomic E-state index is 0.545. The molecular weight excluding hydrogens is 365 g/mol. The number of hydrogen-bond donors (Lipinski definition) is 1. The van der Waals surface area contributed by atoms with Crippen LogP contribution in [0.15, 0.2) is 24.4 Å². The second-order valence-electron chi connectivity index (χ2n) is 3.49. The van der Waals surface area contributed by atoms with Crippen LogP contribution in [0, 0.1) is 3.57 Å². The molecule has 0 amide bonds. The predicted octanol–water partition coefficient (Wildman–Crippen LogP) is 3.45. The van der Waals surface area contributed by atoms with E-state index in [1.54, 1.807) is 25.4 Å². The van der Waals surface area contributed by atoms with Crippen LogP contribution in [-0.4, -0.2) is 24.1 Å². The third-order valence-electron chi connectivity index (χ3n) is 2.39. The van der Waals surface area contributed by atoms with Gasteiger partial charge in [-0.25, -0.2) is 9.97 Å². The molecule has 0 aliphatic rings. The monoisotopic (exact) mass is 375 g/mol. The number of rotatable bonds is 3. The molecule has 4 nitrogen and oxygen atoms in total. The third kappa shape index (κ3) is 2.67. The van der Waals surface area contributed by atoms with Crippen molar-refractivity contribution in [3.8, 4) is 17.1 Å². The van der Waals surface area contributed by atoms with E-state index in [-0.39, 0.29) is 0 Å². The van der Waals surface area contributed by atoms with Gasteiger partial charge in [0.25, 0.3) is 0 Å². The molecule has 0 atom stereocenters. The van der Waals surface area contributed by atoms with Crippen molar-refractivity contribution >= 4 is 40.0 Å². The number of hydrogen-bond acceptors (Lipinski definition) is 4. The molecule has 94 valence electrons. The standard InChI is InChI=1S/C12H11ClIN3O/c1-15-12-9(14)6-16-11(17-12)7-3-4-10(18-2)8(13)5-7/h3-6H,1-2H3,(H,15,16,17). The molecule has 2 aromatic rings. The van der Waals surface area contributed by atoms with Crippen LogP contribution < -0.4 is 10.1 Å². The van der Waals surface area contributed by atoms with Gasteiger partial charge in [-0.15, -0.1) is 0 Å². The van der Waals surface area contributed by atoms with Gasteiger partial charge in [-0.2, -0.15) is 0 Å². The van der Waals surface area contributed by atoms with E-state index in [1.807, 2.05) is 13.1 Å². The Morgan fingerprint density at radius 1 is 1.39 bits per heavy atom. The van der Waals surface area contributed by atoms with Gasteiger partial charge in [0, 0.05) is 18.8 Å². The first-order chi connectivity index (χ1) is 8.65. The lowest BCUT2D eigenvalue weighted by molar-refractivity contribution is 0.415. The summed E-state index contributed by atoms with van der Waals surface area (Å²) in [5, 5.41) is 3.57. The zero-order valence-electron chi connectivity index (χ0n) is 9.87. The van der Waals surface area contributed by atoms with Crippen molar-refractivity contribution < 1.29 is 4.74 Å². The van der Waals surface area contributed by atoms with Crippen LogP contribution in [0.1, 0.15) is 0 Å². The summed E-state index contributed by atoms with van der Waals surface area (Å²) in [6.45, 7) is 0. The Kier molecular flexibility index (Phi) is 4.23. The van der Waals surface area contributed by atoms with Crippen LogP contribution in [0.25, 0.3) is 11.4 Å². The lowest BCUT2D eigenvalue weighted by Gasteiger charge is -2.07. The number of ether oxygens (including phenoxy) is 1. The molecule has 0 spiro atoms. The van der Waals surface area contributed by atoms with Gasteiger partial charge in [-0.05, 0) is 40.8 Å². The molecule has 1 heterocycles. The molecular formula is C12H11ClIN3O. The maximum atomic E-state index is 6.09. The number of methoxy groups -OCH3 is 1. The van der Waals surface area contributed by atoms with E-state index in [2.05, 4.69) is 37.9 Å². The number of anilines is 1. The SMILES string of the molecule is CNc1nc(-c2ccc(OC)c(Cl)c2)ncc1I. The molecule has 0 aliphatic carbocycles. The fraction of sp³-hybridized carbons (Fsp3) is 0.167. The fourth-order valence-electron chi connectivity index (χ4n) is 1.49. The Morgan fingerprint density at radius 3 is 2.78 bits per heavy atom. The number of nitrogens with zero attached hydrogens (tertiary/aromatic N) is 2. The van der Waals surface area contributed by atoms with Crippen LogP contribution in [-0.2, 0) is 0 Å². The minimum absolute atomic E-state index is 0.545. The summed E-state index contributed by atoms with van der Waals surface area (Å²) >= 11 is 8.27. The number of nitrogens with one attached hydrogen (secondary N) is 1. The van der Waals surface area contributed by atoms with Gasteiger partial charge in [-0.3, -0.25) is 0 Å². The summed E-state index contributed by atoms with van der Waals surface area (Å²) in [6.07, 6.45) is 1.77. The van der Waals surface area contributed by atoms with Gasteiger partial charge in [-0.1, -0.05) is 11.6 Å². The molecule has 0 bridgehead atoms. The van der Waals surface area contributed by atoms with Crippen molar-refractivity contribution in [2.45, 2.75) is 0 Å². The summed E-state index contributed by atoms with van der Waals surface area (Å²) < 4.78 is 6.08. The van der Waals surface area contributed by atoms with Gasteiger partial charge >= 0.3 is 0 Å². The second kappa shape index (κ2) is 5.71. The first-order valence-corrected chi connectivity index (χ1v) is 6.65. The highest BCUT2D eigenvalue weighted by Gasteiger charge is 2.08. The van der Waals surface area contributed by atoms with E-state index >= 15 is 0 Å². The normalized spacial score (nSPS) is 10.2. The van der Waals surface area contributed by atoms with Gasteiger partial charge in [0.2, 0.25) is 0 Å². The van der Waals surface area contributed by atoms with Crippen molar-refractivity contribution in [1.82, 2.24) is 9.97 Å². The first kappa shape index (κ1) is 13.4. The van der Waals surface area contributed by atoms with E-state index in [9.17, 15) is 0 Å². The molecule has 0 fully saturated rings. The molecule has 1 aromatic carbocycles. The maximum Gasteiger partial charge on any atom is 0.161 e. The van der Waals surface area contributed by atoms with Crippen LogP contribution >= 0.6 is 34.2 Å². The zero-order valence-corrected chi connectivity index (χ0v) is 12.8. The Bertz CT molecular complexity index is 577. The summed E-state index contributed by atoms with van der Waals surface area (Å²) in [6, 6.07) is 5.48. The van der Waals surface area contributed by atoms with E-state index in [1.165, 1.54) is 0 Å². The van der Waals surface area contributed by atoms with Crippen molar-refractivity contribution in [3.05, 3.63) is 33.0 Å². The maximum absolute atomic E-state index is 6.09.